The molecule has 4 heteroatoms. The van der Waals surface area contributed by atoms with E-state index >= 15 is 0 Å². The first-order valence-electron chi connectivity index (χ1n) is 5.50. The fourth-order valence-electron chi connectivity index (χ4n) is 1.82. The fourth-order valence-corrected chi connectivity index (χ4v) is 1.82. The first-order valence-corrected chi connectivity index (χ1v) is 5.50. The van der Waals surface area contributed by atoms with Crippen molar-refractivity contribution >= 4 is 10.9 Å². The molecule has 0 saturated carbocycles. The van der Waals surface area contributed by atoms with Crippen LogP contribution in [-0.4, -0.2) is 25.7 Å². The average molecular weight is 232 g/mol. The van der Waals surface area contributed by atoms with Crippen LogP contribution in [0.25, 0.3) is 10.9 Å². The Morgan fingerprint density at radius 1 is 1.18 bits per heavy atom. The fraction of sp³-hybridized carbons (Fsp3) is 0.308. The Morgan fingerprint density at radius 3 is 2.65 bits per heavy atom. The number of aromatic nitrogens is 1. The third kappa shape index (κ3) is 2.31. The number of hydrogen-bond donors (Lipinski definition) is 1. The van der Waals surface area contributed by atoms with Gasteiger partial charge in [-0.1, -0.05) is 0 Å². The molecule has 0 bridgehead atoms. The maximum atomic E-state index is 5.58. The van der Waals surface area contributed by atoms with Crippen LogP contribution < -0.4 is 15.2 Å². The Bertz CT molecular complexity index is 526. The number of fused-ring (bicyclic) bond motifs is 1. The first kappa shape index (κ1) is 11.7. The van der Waals surface area contributed by atoms with Crippen molar-refractivity contribution in [1.29, 1.82) is 0 Å². The van der Waals surface area contributed by atoms with Crippen LogP contribution in [0.4, 0.5) is 0 Å². The van der Waals surface area contributed by atoms with Crippen LogP contribution in [0.15, 0.2) is 24.3 Å². The molecule has 0 atom stereocenters. The van der Waals surface area contributed by atoms with Gasteiger partial charge in [0.25, 0.3) is 0 Å². The zero-order chi connectivity index (χ0) is 12.3. The molecule has 17 heavy (non-hydrogen) atoms. The minimum Gasteiger partial charge on any atom is -0.497 e. The number of ether oxygens (including phenoxy) is 2. The molecule has 2 N–H and O–H groups in total. The highest BCUT2D eigenvalue weighted by atomic mass is 16.5. The Hall–Kier alpha value is -1.81. The van der Waals surface area contributed by atoms with Gasteiger partial charge < -0.3 is 15.2 Å². The van der Waals surface area contributed by atoms with E-state index in [-0.39, 0.29) is 0 Å². The second-order valence-electron chi connectivity index (χ2n) is 3.75. The summed E-state index contributed by atoms with van der Waals surface area (Å²) in [5, 5.41) is 1.04. The Balaban J connectivity index is 2.57. The molecule has 4 nitrogen and oxygen atoms in total. The van der Waals surface area contributed by atoms with Gasteiger partial charge in [-0.3, -0.25) is 0 Å². The number of rotatable bonds is 4. The van der Waals surface area contributed by atoms with E-state index in [1.165, 1.54) is 0 Å². The molecule has 0 fully saturated rings. The summed E-state index contributed by atoms with van der Waals surface area (Å²) in [7, 11) is 3.27. The lowest BCUT2D eigenvalue weighted by molar-refractivity contribution is 0.394. The van der Waals surface area contributed by atoms with Gasteiger partial charge in [-0.25, -0.2) is 4.98 Å². The van der Waals surface area contributed by atoms with Crippen molar-refractivity contribution in [2.75, 3.05) is 20.8 Å². The van der Waals surface area contributed by atoms with Gasteiger partial charge in [-0.05, 0) is 37.2 Å². The van der Waals surface area contributed by atoms with Crippen LogP contribution >= 0.6 is 0 Å². The molecule has 0 aliphatic heterocycles. The normalized spacial score (nSPS) is 10.5. The van der Waals surface area contributed by atoms with Crippen LogP contribution in [0.5, 0.6) is 11.6 Å². The zero-order valence-electron chi connectivity index (χ0n) is 10.1. The van der Waals surface area contributed by atoms with Crippen LogP contribution in [-0.2, 0) is 6.42 Å². The monoisotopic (exact) mass is 232 g/mol. The SMILES string of the molecule is COc1ccc2nc(OC)c(CCN)cc2c1. The van der Waals surface area contributed by atoms with Gasteiger partial charge in [-0.15, -0.1) is 0 Å². The predicted molar refractivity (Wildman–Crippen MR) is 67.6 cm³/mol. The van der Waals surface area contributed by atoms with Gasteiger partial charge in [0.2, 0.25) is 5.88 Å². The number of benzene rings is 1. The van der Waals surface area contributed by atoms with Crippen LogP contribution in [0.2, 0.25) is 0 Å². The van der Waals surface area contributed by atoms with E-state index in [9.17, 15) is 0 Å². The number of nitrogens with two attached hydrogens (primary N) is 1. The van der Waals surface area contributed by atoms with Crippen molar-refractivity contribution in [2.24, 2.45) is 5.73 Å². The standard InChI is InChI=1S/C13H16N2O2/c1-16-11-3-4-12-10(8-11)7-9(5-6-14)13(15-12)17-2/h3-4,7-8H,5-6,14H2,1-2H3. The summed E-state index contributed by atoms with van der Waals surface area (Å²) in [6.07, 6.45) is 0.753. The Kier molecular flexibility index (Phi) is 3.44. The molecule has 1 heterocycles. The predicted octanol–water partition coefficient (Wildman–Crippen LogP) is 1.75. The highest BCUT2D eigenvalue weighted by Gasteiger charge is 2.07. The Labute approximate surface area is 100 Å². The van der Waals surface area contributed by atoms with Gasteiger partial charge in [0.15, 0.2) is 0 Å². The van der Waals surface area contributed by atoms with Crippen LogP contribution in [0.1, 0.15) is 5.56 Å². The van der Waals surface area contributed by atoms with Crippen LogP contribution in [0.3, 0.4) is 0 Å². The number of methoxy groups -OCH3 is 2. The lowest BCUT2D eigenvalue weighted by Crippen LogP contribution is -2.05. The quantitative estimate of drug-likeness (QED) is 0.872. The maximum Gasteiger partial charge on any atom is 0.216 e. The van der Waals surface area contributed by atoms with Crippen LogP contribution in [0, 0.1) is 0 Å². The lowest BCUT2D eigenvalue weighted by Gasteiger charge is -2.09. The molecule has 1 aromatic heterocycles. The van der Waals surface area contributed by atoms with E-state index in [0.29, 0.717) is 12.4 Å². The minimum absolute atomic E-state index is 0.577. The second-order valence-corrected chi connectivity index (χ2v) is 3.75. The third-order valence-corrected chi connectivity index (χ3v) is 2.67. The summed E-state index contributed by atoms with van der Waals surface area (Å²) in [6, 6.07) is 7.82. The molecule has 0 aliphatic carbocycles. The largest absolute Gasteiger partial charge is 0.497 e. The van der Waals surface area contributed by atoms with Gasteiger partial charge in [-0.2, -0.15) is 0 Å². The van der Waals surface area contributed by atoms with Crippen molar-refractivity contribution in [1.82, 2.24) is 4.98 Å². The van der Waals surface area contributed by atoms with E-state index < -0.39 is 0 Å². The maximum absolute atomic E-state index is 5.58. The van der Waals surface area contributed by atoms with Crippen molar-refractivity contribution in [2.45, 2.75) is 6.42 Å². The van der Waals surface area contributed by atoms with Crippen molar-refractivity contribution in [3.05, 3.63) is 29.8 Å². The van der Waals surface area contributed by atoms with E-state index in [4.69, 9.17) is 15.2 Å². The minimum atomic E-state index is 0.577. The molecule has 0 unspecified atom stereocenters. The van der Waals surface area contributed by atoms with Gasteiger partial charge in [0.05, 0.1) is 19.7 Å². The third-order valence-electron chi connectivity index (χ3n) is 2.67. The van der Waals surface area contributed by atoms with E-state index in [0.717, 1.165) is 28.6 Å². The highest BCUT2D eigenvalue weighted by Crippen LogP contribution is 2.25. The van der Waals surface area contributed by atoms with Crippen molar-refractivity contribution in [3.8, 4) is 11.6 Å². The van der Waals surface area contributed by atoms with E-state index in [1.54, 1.807) is 14.2 Å². The summed E-state index contributed by atoms with van der Waals surface area (Å²) in [6.45, 7) is 0.577. The smallest absolute Gasteiger partial charge is 0.216 e. The number of pyridine rings is 1. The summed E-state index contributed by atoms with van der Waals surface area (Å²) in [4.78, 5) is 4.45. The van der Waals surface area contributed by atoms with Crippen molar-refractivity contribution < 1.29 is 9.47 Å². The molecular weight excluding hydrogens is 216 g/mol. The molecular formula is C13H16N2O2. The first-order chi connectivity index (χ1) is 8.28. The van der Waals surface area contributed by atoms with Gasteiger partial charge >= 0.3 is 0 Å². The molecule has 1 aromatic carbocycles. The lowest BCUT2D eigenvalue weighted by atomic mass is 10.1. The molecule has 2 rings (SSSR count). The molecule has 0 saturated heterocycles. The van der Waals surface area contributed by atoms with Gasteiger partial charge in [0, 0.05) is 10.9 Å². The van der Waals surface area contributed by atoms with E-state index in [1.807, 2.05) is 18.2 Å². The molecule has 0 aliphatic rings. The molecule has 90 valence electrons. The topological polar surface area (TPSA) is 57.4 Å². The van der Waals surface area contributed by atoms with Crippen molar-refractivity contribution in [3.63, 3.8) is 0 Å². The average Bonchev–Trinajstić information content (AvgIpc) is 2.37. The van der Waals surface area contributed by atoms with Gasteiger partial charge in [0.1, 0.15) is 5.75 Å². The zero-order valence-corrected chi connectivity index (χ0v) is 10.1. The highest BCUT2D eigenvalue weighted by molar-refractivity contribution is 5.81. The Morgan fingerprint density at radius 2 is 2.00 bits per heavy atom. The summed E-state index contributed by atoms with van der Waals surface area (Å²) >= 11 is 0. The molecule has 0 spiro atoms. The summed E-state index contributed by atoms with van der Waals surface area (Å²) in [5.41, 5.74) is 7.49. The molecule has 0 amide bonds. The molecule has 2 aromatic rings. The second kappa shape index (κ2) is 5.01. The van der Waals surface area contributed by atoms with E-state index in [2.05, 4.69) is 11.1 Å². The number of nitrogens with zero attached hydrogens (tertiary/aromatic N) is 1. The number of hydrogen-bond acceptors (Lipinski definition) is 4. The summed E-state index contributed by atoms with van der Waals surface area (Å²) < 4.78 is 10.5. The summed E-state index contributed by atoms with van der Waals surface area (Å²) in [5.74, 6) is 1.47. The molecule has 0 radical (unpaired) electrons.